The van der Waals surface area contributed by atoms with E-state index >= 15 is 0 Å². The molecule has 130 valence electrons. The van der Waals surface area contributed by atoms with Crippen LogP contribution in [0, 0.1) is 13.8 Å². The molecule has 0 spiro atoms. The van der Waals surface area contributed by atoms with Crippen molar-refractivity contribution in [2.45, 2.75) is 52.0 Å². The number of nitrogens with one attached hydrogen (secondary N) is 1. The zero-order valence-corrected chi connectivity index (χ0v) is 15.0. The van der Waals surface area contributed by atoms with Crippen LogP contribution in [-0.4, -0.2) is 11.7 Å². The number of amides is 1. The van der Waals surface area contributed by atoms with Gasteiger partial charge in [0.2, 0.25) is 5.91 Å². The van der Waals surface area contributed by atoms with Crippen LogP contribution in [-0.2, 0) is 11.2 Å². The van der Waals surface area contributed by atoms with Crippen LogP contribution in [0.25, 0.3) is 0 Å². The van der Waals surface area contributed by atoms with Gasteiger partial charge in [0.25, 0.3) is 0 Å². The third-order valence-electron chi connectivity index (χ3n) is 4.98. The zero-order chi connectivity index (χ0) is 17.8. The average molecular weight is 335 g/mol. The number of benzene rings is 2. The summed E-state index contributed by atoms with van der Waals surface area (Å²) in [4.78, 5) is 24.8. The van der Waals surface area contributed by atoms with E-state index in [0.29, 0.717) is 0 Å². The van der Waals surface area contributed by atoms with E-state index in [1.54, 1.807) is 0 Å². The van der Waals surface area contributed by atoms with Crippen LogP contribution in [0.1, 0.15) is 64.3 Å². The van der Waals surface area contributed by atoms with Crippen LogP contribution in [0.2, 0.25) is 0 Å². The summed E-state index contributed by atoms with van der Waals surface area (Å²) < 4.78 is 0. The second-order valence-electron chi connectivity index (χ2n) is 6.95. The summed E-state index contributed by atoms with van der Waals surface area (Å²) in [6.45, 7) is 3.91. The molecule has 0 saturated carbocycles. The molecule has 0 fully saturated rings. The maximum absolute atomic E-state index is 12.4. The van der Waals surface area contributed by atoms with Crippen molar-refractivity contribution >= 4 is 11.7 Å². The molecule has 1 aliphatic carbocycles. The molecular weight excluding hydrogens is 310 g/mol. The van der Waals surface area contributed by atoms with E-state index in [-0.39, 0.29) is 30.6 Å². The quantitative estimate of drug-likeness (QED) is 0.820. The number of hydrogen-bond acceptors (Lipinski definition) is 2. The molecule has 1 amide bonds. The average Bonchev–Trinajstić information content (AvgIpc) is 2.62. The van der Waals surface area contributed by atoms with Crippen LogP contribution in [0.5, 0.6) is 0 Å². The summed E-state index contributed by atoms with van der Waals surface area (Å²) in [6.07, 6.45) is 3.63. The van der Waals surface area contributed by atoms with Crippen molar-refractivity contribution in [3.63, 3.8) is 0 Å². The van der Waals surface area contributed by atoms with Crippen LogP contribution >= 0.6 is 0 Å². The molecule has 0 heterocycles. The van der Waals surface area contributed by atoms with Gasteiger partial charge < -0.3 is 5.32 Å². The lowest BCUT2D eigenvalue weighted by molar-refractivity contribution is -0.121. The molecule has 2 aromatic carbocycles. The van der Waals surface area contributed by atoms with Crippen LogP contribution in [0.15, 0.2) is 42.5 Å². The first kappa shape index (κ1) is 17.4. The second kappa shape index (κ2) is 7.64. The van der Waals surface area contributed by atoms with E-state index in [0.717, 1.165) is 36.0 Å². The predicted molar refractivity (Wildman–Crippen MR) is 99.7 cm³/mol. The van der Waals surface area contributed by atoms with E-state index < -0.39 is 0 Å². The summed E-state index contributed by atoms with van der Waals surface area (Å²) in [5.74, 6) is 0.000698. The van der Waals surface area contributed by atoms with Gasteiger partial charge in [-0.25, -0.2) is 0 Å². The number of Topliss-reactive ketones (excluding diaryl/α,β-unsaturated/α-hetero) is 1. The fraction of sp³-hybridized carbons (Fsp3) is 0.364. The standard InChI is InChI=1S/C22H25NO2/c1-15-10-11-16(2)19(14-15)21(24)12-13-22(25)23-20-9-5-7-17-6-3-4-8-18(17)20/h3-4,6,8,10-11,14,20H,5,7,9,12-13H2,1-2H3,(H,23,25)/t20-/m0/s1. The fourth-order valence-corrected chi connectivity index (χ4v) is 3.57. The van der Waals surface area contributed by atoms with Crippen molar-refractivity contribution in [1.82, 2.24) is 5.32 Å². The number of hydrogen-bond donors (Lipinski definition) is 1. The SMILES string of the molecule is Cc1ccc(C)c(C(=O)CCC(=O)N[C@H]2CCCc3ccccc32)c1. The normalized spacial score (nSPS) is 16.2. The summed E-state index contributed by atoms with van der Waals surface area (Å²) in [6, 6.07) is 14.2. The Hall–Kier alpha value is -2.42. The van der Waals surface area contributed by atoms with Crippen LogP contribution in [0.4, 0.5) is 0 Å². The minimum absolute atomic E-state index is 0.0413. The maximum atomic E-state index is 12.4. The summed E-state index contributed by atoms with van der Waals surface area (Å²) in [7, 11) is 0. The molecule has 3 rings (SSSR count). The van der Waals surface area contributed by atoms with Crippen molar-refractivity contribution in [2.24, 2.45) is 0 Å². The van der Waals surface area contributed by atoms with E-state index in [9.17, 15) is 9.59 Å². The molecule has 0 radical (unpaired) electrons. The highest BCUT2D eigenvalue weighted by Gasteiger charge is 2.21. The second-order valence-corrected chi connectivity index (χ2v) is 6.95. The molecule has 0 unspecified atom stereocenters. The van der Waals surface area contributed by atoms with Crippen molar-refractivity contribution in [1.29, 1.82) is 0 Å². The first-order valence-electron chi connectivity index (χ1n) is 9.02. The Morgan fingerprint density at radius 1 is 1.08 bits per heavy atom. The van der Waals surface area contributed by atoms with E-state index in [1.165, 1.54) is 11.1 Å². The highest BCUT2D eigenvalue weighted by atomic mass is 16.2. The van der Waals surface area contributed by atoms with Crippen molar-refractivity contribution in [3.8, 4) is 0 Å². The molecule has 0 aromatic heterocycles. The van der Waals surface area contributed by atoms with Gasteiger partial charge in [-0.05, 0) is 55.9 Å². The minimum Gasteiger partial charge on any atom is -0.349 e. The molecule has 0 aliphatic heterocycles. The van der Waals surface area contributed by atoms with Crippen molar-refractivity contribution in [2.75, 3.05) is 0 Å². The third-order valence-corrected chi connectivity index (χ3v) is 4.98. The van der Waals surface area contributed by atoms with Gasteiger partial charge >= 0.3 is 0 Å². The number of rotatable bonds is 5. The summed E-state index contributed by atoms with van der Waals surface area (Å²) in [5, 5.41) is 3.12. The third kappa shape index (κ3) is 4.16. The number of carbonyl (C=O) groups excluding carboxylic acids is 2. The Kier molecular flexibility index (Phi) is 5.32. The summed E-state index contributed by atoms with van der Waals surface area (Å²) in [5.41, 5.74) is 5.32. The van der Waals surface area contributed by atoms with E-state index in [4.69, 9.17) is 0 Å². The smallest absolute Gasteiger partial charge is 0.220 e. The first-order chi connectivity index (χ1) is 12.0. The molecule has 0 saturated heterocycles. The largest absolute Gasteiger partial charge is 0.349 e. The monoisotopic (exact) mass is 335 g/mol. The molecule has 2 aromatic rings. The number of carbonyl (C=O) groups is 2. The lowest BCUT2D eigenvalue weighted by Crippen LogP contribution is -2.31. The molecular formula is C22H25NO2. The Morgan fingerprint density at radius 3 is 2.72 bits per heavy atom. The predicted octanol–water partition coefficient (Wildman–Crippen LogP) is 4.46. The van der Waals surface area contributed by atoms with Gasteiger partial charge in [0.05, 0.1) is 6.04 Å². The van der Waals surface area contributed by atoms with E-state index in [1.807, 2.05) is 44.2 Å². The minimum atomic E-state index is -0.0413. The first-order valence-corrected chi connectivity index (χ1v) is 9.02. The number of aryl methyl sites for hydroxylation is 3. The van der Waals surface area contributed by atoms with Gasteiger partial charge in [0.15, 0.2) is 5.78 Å². The maximum Gasteiger partial charge on any atom is 0.220 e. The Balaban J connectivity index is 1.59. The van der Waals surface area contributed by atoms with Gasteiger partial charge in [0.1, 0.15) is 0 Å². The van der Waals surface area contributed by atoms with Gasteiger partial charge in [-0.2, -0.15) is 0 Å². The number of fused-ring (bicyclic) bond motifs is 1. The lowest BCUT2D eigenvalue weighted by atomic mass is 9.87. The molecule has 1 atom stereocenters. The van der Waals surface area contributed by atoms with Gasteiger partial charge in [-0.1, -0.05) is 42.0 Å². The zero-order valence-electron chi connectivity index (χ0n) is 15.0. The molecule has 25 heavy (non-hydrogen) atoms. The van der Waals surface area contributed by atoms with Crippen molar-refractivity contribution < 1.29 is 9.59 Å². The Bertz CT molecular complexity index is 794. The van der Waals surface area contributed by atoms with E-state index in [2.05, 4.69) is 17.4 Å². The van der Waals surface area contributed by atoms with Crippen molar-refractivity contribution in [3.05, 3.63) is 70.3 Å². The Labute approximate surface area is 149 Å². The van der Waals surface area contributed by atoms with Gasteiger partial charge in [-0.15, -0.1) is 0 Å². The molecule has 1 aliphatic rings. The van der Waals surface area contributed by atoms with Crippen LogP contribution in [0.3, 0.4) is 0 Å². The molecule has 3 heteroatoms. The topological polar surface area (TPSA) is 46.2 Å². The summed E-state index contributed by atoms with van der Waals surface area (Å²) >= 11 is 0. The van der Waals surface area contributed by atoms with Gasteiger partial charge in [0, 0.05) is 18.4 Å². The highest BCUT2D eigenvalue weighted by Crippen LogP contribution is 2.29. The molecule has 3 nitrogen and oxygen atoms in total. The molecule has 1 N–H and O–H groups in total. The number of ketones is 1. The Morgan fingerprint density at radius 2 is 1.88 bits per heavy atom. The molecule has 0 bridgehead atoms. The van der Waals surface area contributed by atoms with Gasteiger partial charge in [-0.3, -0.25) is 9.59 Å². The lowest BCUT2D eigenvalue weighted by Gasteiger charge is -2.26. The van der Waals surface area contributed by atoms with Crippen LogP contribution < -0.4 is 5.32 Å². The fourth-order valence-electron chi connectivity index (χ4n) is 3.57. The highest BCUT2D eigenvalue weighted by molar-refractivity contribution is 5.99.